The Morgan fingerprint density at radius 3 is 1.81 bits per heavy atom. The zero-order valence-electron chi connectivity index (χ0n) is 23.7. The lowest BCUT2D eigenvalue weighted by Gasteiger charge is -2.16. The van der Waals surface area contributed by atoms with Crippen LogP contribution in [-0.2, 0) is 13.0 Å². The van der Waals surface area contributed by atoms with Crippen LogP contribution in [0.25, 0.3) is 0 Å². The van der Waals surface area contributed by atoms with Crippen LogP contribution in [0.4, 0.5) is 0 Å². The number of hydrogen-bond acceptors (Lipinski definition) is 3. The Bertz CT molecular complexity index is 862. The van der Waals surface area contributed by atoms with E-state index in [1.807, 2.05) is 24.4 Å². The summed E-state index contributed by atoms with van der Waals surface area (Å²) in [5.41, 5.74) is 7.93. The highest BCUT2D eigenvalue weighted by molar-refractivity contribution is 5.24. The summed E-state index contributed by atoms with van der Waals surface area (Å²) >= 11 is 0. The van der Waals surface area contributed by atoms with E-state index in [2.05, 4.69) is 23.6 Å². The lowest BCUT2D eigenvalue weighted by atomic mass is 10.0. The third kappa shape index (κ3) is 14.4. The molecule has 2 aromatic rings. The van der Waals surface area contributed by atoms with Gasteiger partial charge in [-0.1, -0.05) is 134 Å². The van der Waals surface area contributed by atoms with E-state index < -0.39 is 0 Å². The van der Waals surface area contributed by atoms with Gasteiger partial charge >= 0.3 is 0 Å². The first-order valence-electron chi connectivity index (χ1n) is 15.3. The van der Waals surface area contributed by atoms with E-state index in [0.29, 0.717) is 18.9 Å². The maximum atomic E-state index is 12.6. The Morgan fingerprint density at radius 2 is 1.27 bits per heavy atom. The maximum absolute atomic E-state index is 12.6. The van der Waals surface area contributed by atoms with Gasteiger partial charge < -0.3 is 15.0 Å². The summed E-state index contributed by atoms with van der Waals surface area (Å²) in [6.45, 7) is 4.25. The van der Waals surface area contributed by atoms with Crippen molar-refractivity contribution in [1.29, 1.82) is 0 Å². The van der Waals surface area contributed by atoms with Crippen LogP contribution in [0.1, 0.15) is 127 Å². The number of aromatic nitrogens is 1. The van der Waals surface area contributed by atoms with Gasteiger partial charge in [-0.3, -0.25) is 4.79 Å². The largest absolute Gasteiger partial charge is 0.488 e. The molecular weight excluding hydrogens is 456 g/mol. The van der Waals surface area contributed by atoms with Crippen molar-refractivity contribution in [2.24, 2.45) is 5.73 Å². The minimum atomic E-state index is -0.0205. The number of pyridine rings is 1. The first-order valence-corrected chi connectivity index (χ1v) is 15.3. The van der Waals surface area contributed by atoms with Gasteiger partial charge in [-0.2, -0.15) is 0 Å². The zero-order chi connectivity index (χ0) is 26.4. The summed E-state index contributed by atoms with van der Waals surface area (Å²) in [4.78, 5) is 12.6. The van der Waals surface area contributed by atoms with Crippen LogP contribution in [0.15, 0.2) is 47.4 Å². The number of nitrogens with zero attached hydrogens (tertiary/aromatic N) is 1. The van der Waals surface area contributed by atoms with E-state index in [-0.39, 0.29) is 5.43 Å². The van der Waals surface area contributed by atoms with Crippen LogP contribution in [0.5, 0.6) is 5.75 Å². The second-order valence-corrected chi connectivity index (χ2v) is 10.7. The molecule has 4 heteroatoms. The summed E-state index contributed by atoms with van der Waals surface area (Å²) in [6, 6.07) is 12.1. The molecule has 0 aliphatic heterocycles. The highest BCUT2D eigenvalue weighted by Crippen LogP contribution is 2.15. The van der Waals surface area contributed by atoms with Crippen molar-refractivity contribution in [3.63, 3.8) is 0 Å². The number of nitrogens with two attached hydrogens (primary N) is 1. The quantitative estimate of drug-likeness (QED) is 0.153. The summed E-state index contributed by atoms with van der Waals surface area (Å²) in [5, 5.41) is 0. The topological polar surface area (TPSA) is 57.2 Å². The molecule has 1 heterocycles. The van der Waals surface area contributed by atoms with Gasteiger partial charge in [0, 0.05) is 18.3 Å². The van der Waals surface area contributed by atoms with Crippen LogP contribution < -0.4 is 15.9 Å². The monoisotopic (exact) mass is 510 g/mol. The number of ether oxygens (including phenoxy) is 1. The van der Waals surface area contributed by atoms with Gasteiger partial charge in [0.25, 0.3) is 0 Å². The fourth-order valence-electron chi connectivity index (χ4n) is 4.96. The molecule has 1 aromatic carbocycles. The Morgan fingerprint density at radius 1 is 0.730 bits per heavy atom. The van der Waals surface area contributed by atoms with Crippen molar-refractivity contribution in [3.05, 3.63) is 64.1 Å². The molecule has 0 atom stereocenters. The first-order chi connectivity index (χ1) is 18.2. The van der Waals surface area contributed by atoms with Crippen LogP contribution in [0.3, 0.4) is 0 Å². The fourth-order valence-corrected chi connectivity index (χ4v) is 4.96. The maximum Gasteiger partial charge on any atom is 0.223 e. The molecule has 0 bridgehead atoms. The molecule has 208 valence electrons. The van der Waals surface area contributed by atoms with E-state index in [1.54, 1.807) is 6.07 Å². The summed E-state index contributed by atoms with van der Waals surface area (Å²) in [7, 11) is 0. The molecule has 2 rings (SSSR count). The lowest BCUT2D eigenvalue weighted by molar-refractivity contribution is 0.298. The normalized spacial score (nSPS) is 11.2. The Labute approximate surface area is 227 Å². The molecule has 37 heavy (non-hydrogen) atoms. The van der Waals surface area contributed by atoms with Gasteiger partial charge in [-0.25, -0.2) is 0 Å². The van der Waals surface area contributed by atoms with Gasteiger partial charge in [0.1, 0.15) is 0 Å². The minimum absolute atomic E-state index is 0.0205. The summed E-state index contributed by atoms with van der Waals surface area (Å²) < 4.78 is 8.08. The standard InChI is InChI=1S/C33H54N2O2/c1-2-3-4-5-6-7-8-9-10-11-12-13-14-15-16-20-26-37-33-29-35(28-30-22-18-17-19-23-30)31(24-21-25-34)27-32(33)36/h17-19,22-23,27,29H,2-16,20-21,24-26,28,34H2,1H3. The third-order valence-corrected chi connectivity index (χ3v) is 7.27. The van der Waals surface area contributed by atoms with Crippen LogP contribution >= 0.6 is 0 Å². The lowest BCUT2D eigenvalue weighted by Crippen LogP contribution is -2.17. The van der Waals surface area contributed by atoms with E-state index in [1.165, 1.54) is 102 Å². The number of hydrogen-bond donors (Lipinski definition) is 1. The molecule has 0 spiro atoms. The SMILES string of the molecule is CCCCCCCCCCCCCCCCCCOc1cn(Cc2ccccc2)c(CCCN)cc1=O. The zero-order valence-corrected chi connectivity index (χ0v) is 23.7. The van der Waals surface area contributed by atoms with E-state index >= 15 is 0 Å². The van der Waals surface area contributed by atoms with Crippen LogP contribution in [0, 0.1) is 0 Å². The molecule has 0 radical (unpaired) electrons. The number of benzene rings is 1. The molecule has 0 unspecified atom stereocenters. The highest BCUT2D eigenvalue weighted by Gasteiger charge is 2.09. The fraction of sp³-hybridized carbons (Fsp3) is 0.667. The van der Waals surface area contributed by atoms with E-state index in [0.717, 1.165) is 31.5 Å². The Kier molecular flexibility index (Phi) is 17.6. The number of rotatable bonds is 23. The molecule has 2 N–H and O–H groups in total. The van der Waals surface area contributed by atoms with Crippen LogP contribution in [0.2, 0.25) is 0 Å². The number of aryl methyl sites for hydroxylation is 1. The minimum Gasteiger partial charge on any atom is -0.488 e. The van der Waals surface area contributed by atoms with Crippen molar-refractivity contribution in [2.75, 3.05) is 13.2 Å². The van der Waals surface area contributed by atoms with Crippen molar-refractivity contribution in [3.8, 4) is 5.75 Å². The van der Waals surface area contributed by atoms with Gasteiger partial charge in [-0.05, 0) is 31.4 Å². The predicted molar refractivity (Wildman–Crippen MR) is 159 cm³/mol. The molecular formula is C33H54N2O2. The second kappa shape index (κ2) is 20.9. The molecule has 1 aromatic heterocycles. The predicted octanol–water partition coefficient (Wildman–Crippen LogP) is 8.43. The molecule has 0 aliphatic rings. The Balaban J connectivity index is 1.57. The van der Waals surface area contributed by atoms with Crippen molar-refractivity contribution >= 4 is 0 Å². The van der Waals surface area contributed by atoms with E-state index in [9.17, 15) is 4.79 Å². The van der Waals surface area contributed by atoms with Crippen molar-refractivity contribution in [1.82, 2.24) is 4.57 Å². The molecule has 0 fully saturated rings. The molecule has 0 saturated carbocycles. The molecule has 0 amide bonds. The average Bonchev–Trinajstić information content (AvgIpc) is 2.91. The van der Waals surface area contributed by atoms with Crippen molar-refractivity contribution in [2.45, 2.75) is 129 Å². The summed E-state index contributed by atoms with van der Waals surface area (Å²) in [5.74, 6) is 0.466. The van der Waals surface area contributed by atoms with Crippen LogP contribution in [-0.4, -0.2) is 17.7 Å². The van der Waals surface area contributed by atoms with E-state index in [4.69, 9.17) is 10.5 Å². The number of unbranched alkanes of at least 4 members (excludes halogenated alkanes) is 15. The highest BCUT2D eigenvalue weighted by atomic mass is 16.5. The van der Waals surface area contributed by atoms with Crippen molar-refractivity contribution < 1.29 is 4.74 Å². The van der Waals surface area contributed by atoms with Gasteiger partial charge in [0.05, 0.1) is 12.8 Å². The molecule has 4 nitrogen and oxygen atoms in total. The Hall–Kier alpha value is -2.07. The average molecular weight is 511 g/mol. The van der Waals surface area contributed by atoms with Gasteiger partial charge in [0.15, 0.2) is 5.75 Å². The molecule has 0 saturated heterocycles. The first kappa shape index (κ1) is 31.1. The van der Waals surface area contributed by atoms with Gasteiger partial charge in [-0.15, -0.1) is 0 Å². The summed E-state index contributed by atoms with van der Waals surface area (Å²) in [6.07, 6.45) is 25.2. The van der Waals surface area contributed by atoms with Gasteiger partial charge in [0.2, 0.25) is 5.43 Å². The smallest absolute Gasteiger partial charge is 0.223 e. The second-order valence-electron chi connectivity index (χ2n) is 10.7. The molecule has 0 aliphatic carbocycles. The third-order valence-electron chi connectivity index (χ3n) is 7.27.